The summed E-state index contributed by atoms with van der Waals surface area (Å²) in [5.41, 5.74) is 1.57. The van der Waals surface area contributed by atoms with Crippen LogP contribution in [-0.2, 0) is 16.0 Å². The fourth-order valence-corrected chi connectivity index (χ4v) is 2.68. The summed E-state index contributed by atoms with van der Waals surface area (Å²) in [4.78, 5) is 21.0. The lowest BCUT2D eigenvalue weighted by atomic mass is 10.2. The third-order valence-electron chi connectivity index (χ3n) is 3.21. The van der Waals surface area contributed by atoms with Gasteiger partial charge in [-0.2, -0.15) is 0 Å². The minimum atomic E-state index is -1.09. The number of benzene rings is 1. The molecule has 1 amide bonds. The van der Waals surface area contributed by atoms with Crippen LogP contribution in [0.4, 0.5) is 0 Å². The van der Waals surface area contributed by atoms with Crippen molar-refractivity contribution in [1.29, 1.82) is 0 Å². The molecule has 0 aromatic heterocycles. The Hall–Kier alpha value is -2.12. The lowest BCUT2D eigenvalue weighted by Gasteiger charge is -2.09. The van der Waals surface area contributed by atoms with Crippen LogP contribution in [0, 0.1) is 0 Å². The smallest absolute Gasteiger partial charge is 0.272 e. The first-order valence-electron chi connectivity index (χ1n) is 6.28. The largest absolute Gasteiger partial charge is 0.612 e. The number of nitrogens with zero attached hydrogens (tertiary/aromatic N) is 2. The summed E-state index contributed by atoms with van der Waals surface area (Å²) in [6.45, 7) is 0.453. The average molecular weight is 303 g/mol. The molecule has 1 N–H and O–H groups in total. The van der Waals surface area contributed by atoms with Crippen LogP contribution in [0.2, 0.25) is 0 Å². The second kappa shape index (κ2) is 5.34. The van der Waals surface area contributed by atoms with Gasteiger partial charge >= 0.3 is 0 Å². The predicted molar refractivity (Wildman–Crippen MR) is 80.4 cm³/mol. The normalized spacial score (nSPS) is 18.2. The van der Waals surface area contributed by atoms with Gasteiger partial charge in [0.2, 0.25) is 0 Å². The Morgan fingerprint density at radius 2 is 2.19 bits per heavy atom. The van der Waals surface area contributed by atoms with E-state index in [9.17, 15) is 9.35 Å². The van der Waals surface area contributed by atoms with E-state index in [-0.39, 0.29) is 5.91 Å². The molecule has 0 fully saturated rings. The second-order valence-electron chi connectivity index (χ2n) is 4.51. The minimum Gasteiger partial charge on any atom is -0.612 e. The van der Waals surface area contributed by atoms with E-state index in [1.54, 1.807) is 24.5 Å². The van der Waals surface area contributed by atoms with E-state index in [0.29, 0.717) is 40.0 Å². The van der Waals surface area contributed by atoms with Crippen LogP contribution >= 0.6 is 0 Å². The van der Waals surface area contributed by atoms with Crippen molar-refractivity contribution in [3.05, 3.63) is 35.5 Å². The Labute approximate surface area is 124 Å². The van der Waals surface area contributed by atoms with Crippen LogP contribution in [0.15, 0.2) is 44.9 Å². The highest BCUT2D eigenvalue weighted by molar-refractivity contribution is 7.90. The van der Waals surface area contributed by atoms with Gasteiger partial charge in [-0.3, -0.25) is 4.79 Å². The molecule has 1 aromatic carbocycles. The molecular weight excluding hydrogens is 290 g/mol. The van der Waals surface area contributed by atoms with E-state index >= 15 is 0 Å². The summed E-state index contributed by atoms with van der Waals surface area (Å²) in [7, 11) is 1.53. The van der Waals surface area contributed by atoms with Crippen LogP contribution in [0.1, 0.15) is 5.56 Å². The summed E-state index contributed by atoms with van der Waals surface area (Å²) in [5.74, 6) is 0.737. The summed E-state index contributed by atoms with van der Waals surface area (Å²) < 4.78 is 16.9. The molecule has 2 aliphatic heterocycles. The van der Waals surface area contributed by atoms with Gasteiger partial charge in [0.1, 0.15) is 12.0 Å². The molecule has 6 nitrogen and oxygen atoms in total. The van der Waals surface area contributed by atoms with Gasteiger partial charge in [0, 0.05) is 12.6 Å². The number of nitrogens with one attached hydrogen (secondary N) is 1. The van der Waals surface area contributed by atoms with Crippen molar-refractivity contribution in [1.82, 2.24) is 5.32 Å². The van der Waals surface area contributed by atoms with E-state index in [1.807, 2.05) is 6.08 Å². The Balaban J connectivity index is 2.04. The Kier molecular flexibility index (Phi) is 3.52. The zero-order chi connectivity index (χ0) is 15.0. The number of amidine groups is 1. The molecule has 1 aromatic rings. The SMILES string of the molecule is COc1cc([S+](C)[O-])ccc1C1=NC2=CCNC(=O)C2=N1. The van der Waals surface area contributed by atoms with Crippen molar-refractivity contribution in [2.24, 2.45) is 9.98 Å². The van der Waals surface area contributed by atoms with Gasteiger partial charge in [-0.25, -0.2) is 9.98 Å². The lowest BCUT2D eigenvalue weighted by molar-refractivity contribution is -0.114. The summed E-state index contributed by atoms with van der Waals surface area (Å²) >= 11 is -1.09. The lowest BCUT2D eigenvalue weighted by Crippen LogP contribution is -2.35. The molecule has 108 valence electrons. The molecule has 0 saturated carbocycles. The molecule has 2 aliphatic rings. The Morgan fingerprint density at radius 1 is 1.38 bits per heavy atom. The highest BCUT2D eigenvalue weighted by Gasteiger charge is 2.27. The van der Waals surface area contributed by atoms with Crippen LogP contribution in [0.25, 0.3) is 0 Å². The summed E-state index contributed by atoms with van der Waals surface area (Å²) in [6.07, 6.45) is 3.42. The number of amides is 1. The van der Waals surface area contributed by atoms with Gasteiger partial charge in [0.25, 0.3) is 5.91 Å². The molecule has 1 unspecified atom stereocenters. The molecule has 21 heavy (non-hydrogen) atoms. The van der Waals surface area contributed by atoms with Gasteiger partial charge < -0.3 is 14.6 Å². The number of fused-ring (bicyclic) bond motifs is 1. The van der Waals surface area contributed by atoms with E-state index in [2.05, 4.69) is 15.3 Å². The summed E-state index contributed by atoms with van der Waals surface area (Å²) in [6, 6.07) is 5.20. The molecule has 0 radical (unpaired) electrons. The molecule has 7 heteroatoms. The first kappa shape index (κ1) is 13.8. The van der Waals surface area contributed by atoms with Gasteiger partial charge in [-0.1, -0.05) is 0 Å². The topological polar surface area (TPSA) is 86.1 Å². The predicted octanol–water partition coefficient (Wildman–Crippen LogP) is 0.647. The molecule has 3 rings (SSSR count). The van der Waals surface area contributed by atoms with Crippen molar-refractivity contribution >= 4 is 28.6 Å². The monoisotopic (exact) mass is 303 g/mol. The first-order valence-corrected chi connectivity index (χ1v) is 7.84. The number of methoxy groups -OCH3 is 1. The molecule has 0 aliphatic carbocycles. The Bertz CT molecular complexity index is 707. The van der Waals surface area contributed by atoms with Crippen LogP contribution in [0.3, 0.4) is 0 Å². The third-order valence-corrected chi connectivity index (χ3v) is 4.12. The molecule has 2 heterocycles. The number of rotatable bonds is 3. The van der Waals surface area contributed by atoms with Crippen molar-refractivity contribution in [3.8, 4) is 5.75 Å². The number of hydrogen-bond acceptors (Lipinski definition) is 5. The standard InChI is InChI=1S/C14H13N3O3S/c1-20-11-7-8(21(2)19)3-4-9(11)13-16-10-5-6-15-14(18)12(10)17-13/h3-5,7H,6H2,1-2H3,(H,15,18). The number of ether oxygens (including phenoxy) is 1. The third kappa shape index (κ3) is 2.45. The van der Waals surface area contributed by atoms with Gasteiger partial charge in [-0.15, -0.1) is 0 Å². The Morgan fingerprint density at radius 3 is 2.86 bits per heavy atom. The number of carbonyl (C=O) groups is 1. The molecular formula is C14H13N3O3S. The first-order chi connectivity index (χ1) is 10.1. The van der Waals surface area contributed by atoms with Gasteiger partial charge in [0.05, 0.1) is 18.4 Å². The van der Waals surface area contributed by atoms with Crippen molar-refractivity contribution in [3.63, 3.8) is 0 Å². The highest BCUT2D eigenvalue weighted by atomic mass is 32.2. The van der Waals surface area contributed by atoms with Crippen LogP contribution in [-0.4, -0.2) is 41.9 Å². The van der Waals surface area contributed by atoms with Crippen molar-refractivity contribution in [2.75, 3.05) is 19.9 Å². The number of hydrogen-bond donors (Lipinski definition) is 1. The molecule has 0 bridgehead atoms. The maximum atomic E-state index is 11.7. The summed E-state index contributed by atoms with van der Waals surface area (Å²) in [5, 5.41) is 2.69. The minimum absolute atomic E-state index is 0.225. The molecule has 0 spiro atoms. The zero-order valence-corrected chi connectivity index (χ0v) is 12.4. The van der Waals surface area contributed by atoms with Crippen molar-refractivity contribution < 1.29 is 14.1 Å². The van der Waals surface area contributed by atoms with E-state index in [4.69, 9.17) is 4.74 Å². The zero-order valence-electron chi connectivity index (χ0n) is 11.5. The van der Waals surface area contributed by atoms with Crippen LogP contribution < -0.4 is 10.1 Å². The van der Waals surface area contributed by atoms with E-state index in [1.165, 1.54) is 7.11 Å². The molecule has 1 atom stereocenters. The maximum absolute atomic E-state index is 11.7. The maximum Gasteiger partial charge on any atom is 0.272 e. The molecule has 0 saturated heterocycles. The van der Waals surface area contributed by atoms with Gasteiger partial charge in [0.15, 0.2) is 16.4 Å². The highest BCUT2D eigenvalue weighted by Crippen LogP contribution is 2.27. The van der Waals surface area contributed by atoms with E-state index in [0.717, 1.165) is 0 Å². The quantitative estimate of drug-likeness (QED) is 0.832. The van der Waals surface area contributed by atoms with Gasteiger partial charge in [-0.05, 0) is 29.4 Å². The fourth-order valence-electron chi connectivity index (χ4n) is 2.14. The number of aliphatic imine (C=N–C) groups is 2. The van der Waals surface area contributed by atoms with Crippen LogP contribution in [0.5, 0.6) is 5.75 Å². The van der Waals surface area contributed by atoms with Crippen molar-refractivity contribution in [2.45, 2.75) is 4.90 Å². The number of carbonyl (C=O) groups excluding carboxylic acids is 1. The fraction of sp³-hybridized carbons (Fsp3) is 0.214. The van der Waals surface area contributed by atoms with E-state index < -0.39 is 11.2 Å². The second-order valence-corrected chi connectivity index (χ2v) is 5.89. The average Bonchev–Trinajstić information content (AvgIpc) is 2.91.